The number of aromatic nitrogens is 1. The van der Waals surface area contributed by atoms with Gasteiger partial charge >= 0.3 is 0 Å². The van der Waals surface area contributed by atoms with Crippen LogP contribution >= 0.6 is 0 Å². The minimum absolute atomic E-state index is 0.239. The van der Waals surface area contributed by atoms with Gasteiger partial charge in [-0.2, -0.15) is 0 Å². The van der Waals surface area contributed by atoms with Crippen LogP contribution in [0.5, 0.6) is 5.75 Å². The highest BCUT2D eigenvalue weighted by atomic mass is 16.3. The molecular formula is C11H10N2O2. The Morgan fingerprint density at radius 3 is 3.00 bits per heavy atom. The summed E-state index contributed by atoms with van der Waals surface area (Å²) in [4.78, 5) is 13.1. The van der Waals surface area contributed by atoms with Crippen LogP contribution in [0.15, 0.2) is 30.5 Å². The van der Waals surface area contributed by atoms with Crippen LogP contribution in [0.3, 0.4) is 0 Å². The van der Waals surface area contributed by atoms with Gasteiger partial charge in [-0.1, -0.05) is 0 Å². The van der Waals surface area contributed by atoms with Crippen molar-refractivity contribution in [2.75, 3.05) is 0 Å². The first kappa shape index (κ1) is 9.33. The minimum Gasteiger partial charge on any atom is -0.508 e. The maximum Gasteiger partial charge on any atom is 0.211 e. The lowest BCUT2D eigenvalue weighted by molar-refractivity contribution is -0.108. The van der Waals surface area contributed by atoms with Gasteiger partial charge in [0.2, 0.25) is 6.41 Å². The molecule has 0 fully saturated rings. The first-order valence-electron chi connectivity index (χ1n) is 4.47. The molecule has 0 aliphatic rings. The van der Waals surface area contributed by atoms with Crippen molar-refractivity contribution in [3.63, 3.8) is 0 Å². The summed E-state index contributed by atoms with van der Waals surface area (Å²) in [5, 5.41) is 12.6. The molecule has 1 aromatic carbocycles. The van der Waals surface area contributed by atoms with Gasteiger partial charge in [0.1, 0.15) is 5.75 Å². The number of rotatable bonds is 3. The van der Waals surface area contributed by atoms with E-state index in [0.29, 0.717) is 6.41 Å². The fraction of sp³-hybridized carbons (Fsp3) is 0. The molecule has 2 rings (SSSR count). The Bertz CT molecular complexity index is 514. The average Bonchev–Trinajstić information content (AvgIpc) is 2.60. The van der Waals surface area contributed by atoms with Crippen LogP contribution in [0.1, 0.15) is 5.69 Å². The van der Waals surface area contributed by atoms with Crippen LogP contribution in [0.2, 0.25) is 0 Å². The van der Waals surface area contributed by atoms with E-state index in [-0.39, 0.29) is 5.75 Å². The lowest BCUT2D eigenvalue weighted by Gasteiger charge is -1.89. The molecule has 0 unspecified atom stereocenters. The molecule has 1 heterocycles. The molecule has 0 saturated heterocycles. The molecule has 1 amide bonds. The van der Waals surface area contributed by atoms with E-state index in [1.165, 1.54) is 6.20 Å². The lowest BCUT2D eigenvalue weighted by Crippen LogP contribution is -1.97. The van der Waals surface area contributed by atoms with E-state index in [0.717, 1.165) is 16.6 Å². The molecular weight excluding hydrogens is 192 g/mol. The van der Waals surface area contributed by atoms with E-state index in [9.17, 15) is 9.90 Å². The number of amides is 1. The first-order chi connectivity index (χ1) is 7.29. The molecule has 4 heteroatoms. The van der Waals surface area contributed by atoms with Crippen LogP contribution in [-0.4, -0.2) is 16.5 Å². The third-order valence-electron chi connectivity index (χ3n) is 2.05. The molecule has 0 saturated carbocycles. The van der Waals surface area contributed by atoms with Crippen LogP contribution in [0.4, 0.5) is 0 Å². The normalized spacial score (nSPS) is 10.9. The number of carbonyl (C=O) groups is 1. The molecule has 1 aromatic heterocycles. The molecule has 15 heavy (non-hydrogen) atoms. The van der Waals surface area contributed by atoms with Gasteiger partial charge < -0.3 is 15.4 Å². The van der Waals surface area contributed by atoms with Crippen LogP contribution in [-0.2, 0) is 4.79 Å². The molecule has 2 aromatic rings. The summed E-state index contributed by atoms with van der Waals surface area (Å²) >= 11 is 0. The van der Waals surface area contributed by atoms with Crippen LogP contribution in [0, 0.1) is 0 Å². The number of aromatic hydroxyl groups is 1. The summed E-state index contributed by atoms with van der Waals surface area (Å²) < 4.78 is 0. The highest BCUT2D eigenvalue weighted by Crippen LogP contribution is 2.20. The van der Waals surface area contributed by atoms with Crippen molar-refractivity contribution in [2.24, 2.45) is 0 Å². The molecule has 0 aliphatic carbocycles. The minimum atomic E-state index is 0.239. The zero-order valence-electron chi connectivity index (χ0n) is 7.90. The third-order valence-corrected chi connectivity index (χ3v) is 2.05. The van der Waals surface area contributed by atoms with Crippen molar-refractivity contribution in [2.45, 2.75) is 0 Å². The van der Waals surface area contributed by atoms with E-state index in [2.05, 4.69) is 10.3 Å². The van der Waals surface area contributed by atoms with Crippen molar-refractivity contribution in [3.8, 4) is 5.75 Å². The Kier molecular flexibility index (Phi) is 2.41. The maximum atomic E-state index is 10.0. The lowest BCUT2D eigenvalue weighted by atomic mass is 10.2. The second-order valence-corrected chi connectivity index (χ2v) is 3.11. The van der Waals surface area contributed by atoms with Crippen LogP contribution in [0.25, 0.3) is 17.0 Å². The van der Waals surface area contributed by atoms with E-state index >= 15 is 0 Å². The first-order valence-corrected chi connectivity index (χ1v) is 4.47. The number of nitrogens with one attached hydrogen (secondary N) is 2. The number of hydrogen-bond acceptors (Lipinski definition) is 2. The molecule has 0 spiro atoms. The second-order valence-electron chi connectivity index (χ2n) is 3.11. The molecule has 0 radical (unpaired) electrons. The average molecular weight is 202 g/mol. The van der Waals surface area contributed by atoms with Gasteiger partial charge in [-0.05, 0) is 30.3 Å². The topological polar surface area (TPSA) is 65.1 Å². The number of carbonyl (C=O) groups excluding carboxylic acids is 1. The fourth-order valence-electron chi connectivity index (χ4n) is 1.41. The van der Waals surface area contributed by atoms with Gasteiger partial charge in [0, 0.05) is 22.8 Å². The van der Waals surface area contributed by atoms with E-state index in [1.54, 1.807) is 24.3 Å². The van der Waals surface area contributed by atoms with Gasteiger partial charge in [-0.25, -0.2) is 0 Å². The highest BCUT2D eigenvalue weighted by Gasteiger charge is 1.98. The van der Waals surface area contributed by atoms with Gasteiger partial charge in [0.15, 0.2) is 0 Å². The number of H-pyrrole nitrogens is 1. The molecule has 0 atom stereocenters. The zero-order valence-corrected chi connectivity index (χ0v) is 7.90. The number of benzene rings is 1. The smallest absolute Gasteiger partial charge is 0.211 e. The van der Waals surface area contributed by atoms with Crippen molar-refractivity contribution in [3.05, 3.63) is 36.2 Å². The second kappa shape index (κ2) is 3.88. The summed E-state index contributed by atoms with van der Waals surface area (Å²) in [6, 6.07) is 6.99. The monoisotopic (exact) mass is 202 g/mol. The van der Waals surface area contributed by atoms with Crippen molar-refractivity contribution >= 4 is 23.4 Å². The fourth-order valence-corrected chi connectivity index (χ4v) is 1.41. The summed E-state index contributed by atoms with van der Waals surface area (Å²) in [6.07, 6.45) is 3.88. The van der Waals surface area contributed by atoms with Gasteiger partial charge in [-0.3, -0.25) is 4.79 Å². The highest BCUT2D eigenvalue weighted by molar-refractivity contribution is 5.83. The Morgan fingerprint density at radius 2 is 2.20 bits per heavy atom. The Balaban J connectivity index is 2.34. The van der Waals surface area contributed by atoms with Crippen LogP contribution < -0.4 is 5.32 Å². The third kappa shape index (κ3) is 1.99. The Morgan fingerprint density at radius 1 is 1.33 bits per heavy atom. The Hall–Kier alpha value is -2.23. The van der Waals surface area contributed by atoms with Crippen molar-refractivity contribution in [1.82, 2.24) is 10.3 Å². The predicted molar refractivity (Wildman–Crippen MR) is 58.2 cm³/mol. The SMILES string of the molecule is O=CNC=Cc1cc2cc(O)ccc2[nH]1. The summed E-state index contributed by atoms with van der Waals surface area (Å²) in [5.41, 5.74) is 1.81. The summed E-state index contributed by atoms with van der Waals surface area (Å²) in [6.45, 7) is 0. The predicted octanol–water partition coefficient (Wildman–Crippen LogP) is 1.59. The van der Waals surface area contributed by atoms with Crippen molar-refractivity contribution in [1.29, 1.82) is 0 Å². The standard InChI is InChI=1S/C11H10N2O2/c14-7-12-4-3-9-5-8-6-10(15)1-2-11(8)13-9/h1-7,13,15H,(H,12,14). The molecule has 4 nitrogen and oxygen atoms in total. The quantitative estimate of drug-likeness (QED) is 0.662. The van der Waals surface area contributed by atoms with Gasteiger partial charge in [0.05, 0.1) is 0 Å². The number of fused-ring (bicyclic) bond motifs is 1. The maximum absolute atomic E-state index is 10.0. The molecule has 0 aliphatic heterocycles. The number of phenolic OH excluding ortho intramolecular Hbond substituents is 1. The summed E-state index contributed by atoms with van der Waals surface area (Å²) in [5.74, 6) is 0.239. The zero-order chi connectivity index (χ0) is 10.7. The van der Waals surface area contributed by atoms with E-state index in [1.807, 2.05) is 6.07 Å². The number of phenols is 1. The van der Waals surface area contributed by atoms with E-state index in [4.69, 9.17) is 0 Å². The summed E-state index contributed by atoms with van der Waals surface area (Å²) in [7, 11) is 0. The van der Waals surface area contributed by atoms with Crippen molar-refractivity contribution < 1.29 is 9.90 Å². The molecule has 0 bridgehead atoms. The molecule has 3 N–H and O–H groups in total. The van der Waals surface area contributed by atoms with Gasteiger partial charge in [0.25, 0.3) is 0 Å². The molecule has 76 valence electrons. The number of aromatic amines is 1. The number of hydrogen-bond donors (Lipinski definition) is 3. The van der Waals surface area contributed by atoms with Gasteiger partial charge in [-0.15, -0.1) is 0 Å². The largest absolute Gasteiger partial charge is 0.508 e. The van der Waals surface area contributed by atoms with E-state index < -0.39 is 0 Å². The Labute approximate surface area is 86.2 Å².